The Hall–Kier alpha value is -1.51. The highest BCUT2D eigenvalue weighted by Gasteiger charge is 2.08. The van der Waals surface area contributed by atoms with Gasteiger partial charge in [0.15, 0.2) is 5.96 Å². The van der Waals surface area contributed by atoms with Crippen LogP contribution in [0.4, 0.5) is 5.69 Å². The Labute approximate surface area is 104 Å². The summed E-state index contributed by atoms with van der Waals surface area (Å²) in [7, 11) is 0. The van der Waals surface area contributed by atoms with Crippen molar-refractivity contribution in [2.75, 3.05) is 5.32 Å². The van der Waals surface area contributed by atoms with Crippen LogP contribution in [-0.2, 0) is 0 Å². The van der Waals surface area contributed by atoms with Gasteiger partial charge in [-0.2, -0.15) is 0 Å². The molecular formula is C14H23N3. The van der Waals surface area contributed by atoms with Crippen molar-refractivity contribution in [1.29, 1.82) is 0 Å². The van der Waals surface area contributed by atoms with Crippen molar-refractivity contribution in [2.24, 2.45) is 10.7 Å². The van der Waals surface area contributed by atoms with Crippen molar-refractivity contribution < 1.29 is 0 Å². The summed E-state index contributed by atoms with van der Waals surface area (Å²) in [6.07, 6.45) is 0. The van der Waals surface area contributed by atoms with Crippen LogP contribution in [0.5, 0.6) is 0 Å². The average molecular weight is 233 g/mol. The molecule has 0 heterocycles. The summed E-state index contributed by atoms with van der Waals surface area (Å²) in [5, 5.41) is 3.09. The van der Waals surface area contributed by atoms with Crippen LogP contribution >= 0.6 is 0 Å². The second-order valence-electron chi connectivity index (χ2n) is 5.57. The van der Waals surface area contributed by atoms with E-state index < -0.39 is 0 Å². The number of hydrogen-bond donors (Lipinski definition) is 2. The lowest BCUT2D eigenvalue weighted by Gasteiger charge is -2.15. The molecule has 3 N–H and O–H groups in total. The molecule has 1 aromatic rings. The van der Waals surface area contributed by atoms with Crippen molar-refractivity contribution in [3.05, 3.63) is 29.8 Å². The highest BCUT2D eigenvalue weighted by Crippen LogP contribution is 2.17. The van der Waals surface area contributed by atoms with E-state index in [1.807, 2.05) is 32.9 Å². The maximum Gasteiger partial charge on any atom is 0.193 e. The molecular weight excluding hydrogens is 210 g/mol. The molecule has 0 saturated carbocycles. The van der Waals surface area contributed by atoms with Gasteiger partial charge in [-0.1, -0.05) is 26.0 Å². The summed E-state index contributed by atoms with van der Waals surface area (Å²) in [5.74, 6) is 0.999. The lowest BCUT2D eigenvalue weighted by molar-refractivity contribution is 0.583. The standard InChI is InChI=1S/C14H23N3/c1-10(2)11-6-8-12(9-7-11)16-13(15)17-14(3,4)5/h6-10H,1-5H3,(H3,15,16,17). The first-order chi connectivity index (χ1) is 7.78. The predicted octanol–water partition coefficient (Wildman–Crippen LogP) is 3.34. The number of nitrogens with zero attached hydrogens (tertiary/aromatic N) is 1. The zero-order valence-corrected chi connectivity index (χ0v) is 11.4. The molecule has 94 valence electrons. The lowest BCUT2D eigenvalue weighted by atomic mass is 10.0. The van der Waals surface area contributed by atoms with Gasteiger partial charge >= 0.3 is 0 Å². The molecule has 1 aromatic carbocycles. The van der Waals surface area contributed by atoms with Gasteiger partial charge in [0.1, 0.15) is 0 Å². The van der Waals surface area contributed by atoms with Crippen LogP contribution in [-0.4, -0.2) is 11.5 Å². The highest BCUT2D eigenvalue weighted by atomic mass is 15.1. The van der Waals surface area contributed by atoms with Crippen LogP contribution < -0.4 is 11.1 Å². The predicted molar refractivity (Wildman–Crippen MR) is 75.5 cm³/mol. The van der Waals surface area contributed by atoms with E-state index in [2.05, 4.69) is 36.3 Å². The maximum atomic E-state index is 5.83. The smallest absolute Gasteiger partial charge is 0.193 e. The number of hydrogen-bond acceptors (Lipinski definition) is 1. The monoisotopic (exact) mass is 233 g/mol. The lowest BCUT2D eigenvalue weighted by Crippen LogP contribution is -2.27. The van der Waals surface area contributed by atoms with Crippen LogP contribution in [0.25, 0.3) is 0 Å². The van der Waals surface area contributed by atoms with Gasteiger partial charge in [-0.25, -0.2) is 4.99 Å². The van der Waals surface area contributed by atoms with Gasteiger partial charge in [0.2, 0.25) is 0 Å². The third-order valence-electron chi connectivity index (χ3n) is 2.31. The second-order valence-corrected chi connectivity index (χ2v) is 5.57. The van der Waals surface area contributed by atoms with Gasteiger partial charge in [0.25, 0.3) is 0 Å². The molecule has 0 aliphatic heterocycles. The molecule has 0 bridgehead atoms. The van der Waals surface area contributed by atoms with Gasteiger partial charge in [0.05, 0.1) is 5.54 Å². The average Bonchev–Trinajstić information content (AvgIpc) is 2.15. The molecule has 0 aromatic heterocycles. The van der Waals surface area contributed by atoms with E-state index in [1.54, 1.807) is 0 Å². The van der Waals surface area contributed by atoms with E-state index in [0.29, 0.717) is 11.9 Å². The normalized spacial score (nSPS) is 12.9. The fraction of sp³-hybridized carbons (Fsp3) is 0.500. The minimum absolute atomic E-state index is 0.158. The van der Waals surface area contributed by atoms with E-state index >= 15 is 0 Å². The topological polar surface area (TPSA) is 50.4 Å². The molecule has 1 rings (SSSR count). The van der Waals surface area contributed by atoms with Crippen molar-refractivity contribution in [2.45, 2.75) is 46.1 Å². The minimum Gasteiger partial charge on any atom is -0.370 e. The molecule has 0 amide bonds. The van der Waals surface area contributed by atoms with Crippen molar-refractivity contribution in [3.63, 3.8) is 0 Å². The summed E-state index contributed by atoms with van der Waals surface area (Å²) in [6, 6.07) is 8.27. The van der Waals surface area contributed by atoms with E-state index in [-0.39, 0.29) is 5.54 Å². The molecule has 0 atom stereocenters. The fourth-order valence-corrected chi connectivity index (χ4v) is 1.49. The molecule has 3 nitrogen and oxygen atoms in total. The Balaban J connectivity index is 2.73. The third kappa shape index (κ3) is 4.89. The number of guanidine groups is 1. The van der Waals surface area contributed by atoms with Crippen LogP contribution in [0.2, 0.25) is 0 Å². The summed E-state index contributed by atoms with van der Waals surface area (Å²) in [4.78, 5) is 4.35. The van der Waals surface area contributed by atoms with Gasteiger partial charge < -0.3 is 11.1 Å². The van der Waals surface area contributed by atoms with Gasteiger partial charge in [-0.05, 0) is 44.4 Å². The first-order valence-electron chi connectivity index (χ1n) is 6.00. The minimum atomic E-state index is -0.158. The molecule has 0 spiro atoms. The zero-order chi connectivity index (χ0) is 13.1. The SMILES string of the molecule is CC(C)c1ccc(NC(N)=NC(C)(C)C)cc1. The number of anilines is 1. The Morgan fingerprint density at radius 1 is 1.18 bits per heavy atom. The molecule has 0 aliphatic rings. The van der Waals surface area contributed by atoms with Crippen LogP contribution in [0.3, 0.4) is 0 Å². The van der Waals surface area contributed by atoms with Crippen molar-refractivity contribution >= 4 is 11.6 Å². The first-order valence-corrected chi connectivity index (χ1v) is 6.00. The number of aliphatic imine (C=N–C) groups is 1. The Morgan fingerprint density at radius 3 is 2.12 bits per heavy atom. The molecule has 0 saturated heterocycles. The Bertz CT molecular complexity index is 383. The zero-order valence-electron chi connectivity index (χ0n) is 11.4. The molecule has 0 aliphatic carbocycles. The molecule has 3 heteroatoms. The summed E-state index contributed by atoms with van der Waals surface area (Å²) < 4.78 is 0. The number of nitrogens with two attached hydrogens (primary N) is 1. The molecule has 0 radical (unpaired) electrons. The number of benzene rings is 1. The van der Waals surface area contributed by atoms with Crippen LogP contribution in [0, 0.1) is 0 Å². The second kappa shape index (κ2) is 5.21. The molecule has 17 heavy (non-hydrogen) atoms. The third-order valence-corrected chi connectivity index (χ3v) is 2.31. The Morgan fingerprint density at radius 2 is 1.71 bits per heavy atom. The number of rotatable bonds is 2. The summed E-state index contributed by atoms with van der Waals surface area (Å²) in [6.45, 7) is 10.4. The van der Waals surface area contributed by atoms with Crippen molar-refractivity contribution in [3.8, 4) is 0 Å². The van der Waals surface area contributed by atoms with Gasteiger partial charge in [-0.15, -0.1) is 0 Å². The van der Waals surface area contributed by atoms with Crippen molar-refractivity contribution in [1.82, 2.24) is 0 Å². The van der Waals surface area contributed by atoms with Crippen LogP contribution in [0.15, 0.2) is 29.3 Å². The van der Waals surface area contributed by atoms with E-state index in [1.165, 1.54) is 5.56 Å². The largest absolute Gasteiger partial charge is 0.370 e. The van der Waals surface area contributed by atoms with Gasteiger partial charge in [0, 0.05) is 5.69 Å². The van der Waals surface area contributed by atoms with Gasteiger partial charge in [-0.3, -0.25) is 0 Å². The van der Waals surface area contributed by atoms with Crippen LogP contribution in [0.1, 0.15) is 46.1 Å². The highest BCUT2D eigenvalue weighted by molar-refractivity contribution is 5.92. The van der Waals surface area contributed by atoms with E-state index in [0.717, 1.165) is 5.69 Å². The quantitative estimate of drug-likeness (QED) is 0.608. The maximum absolute atomic E-state index is 5.83. The first kappa shape index (κ1) is 13.6. The van der Waals surface area contributed by atoms with E-state index in [9.17, 15) is 0 Å². The summed E-state index contributed by atoms with van der Waals surface area (Å²) >= 11 is 0. The molecule has 0 unspecified atom stereocenters. The number of nitrogens with one attached hydrogen (secondary N) is 1. The molecule has 0 fully saturated rings. The fourth-order valence-electron chi connectivity index (χ4n) is 1.49. The van der Waals surface area contributed by atoms with E-state index in [4.69, 9.17) is 5.73 Å². The Kier molecular flexibility index (Phi) is 4.16. The summed E-state index contributed by atoms with van der Waals surface area (Å²) in [5.41, 5.74) is 7.96.